The van der Waals surface area contributed by atoms with Gasteiger partial charge in [0.25, 0.3) is 0 Å². The van der Waals surface area contributed by atoms with Crippen LogP contribution < -0.4 is 10.6 Å². The van der Waals surface area contributed by atoms with Crippen LogP contribution in [0.4, 0.5) is 0 Å². The zero-order valence-electron chi connectivity index (χ0n) is 10.5. The number of hydrogen-bond acceptors (Lipinski definition) is 2. The molecule has 0 aromatic rings. The number of nitrogens with one attached hydrogen (secondary N) is 2. The maximum absolute atomic E-state index is 11.4. The highest BCUT2D eigenvalue weighted by molar-refractivity contribution is 5.77. The van der Waals surface area contributed by atoms with Crippen LogP contribution in [0.3, 0.4) is 0 Å². The Balaban J connectivity index is 2.01. The van der Waals surface area contributed by atoms with Crippen LogP contribution >= 0.6 is 0 Å². The minimum Gasteiger partial charge on any atom is -0.355 e. The second-order valence-corrected chi connectivity index (χ2v) is 4.54. The molecule has 2 N–H and O–H groups in total. The van der Waals surface area contributed by atoms with Gasteiger partial charge in [0.05, 0.1) is 6.54 Å². The van der Waals surface area contributed by atoms with Gasteiger partial charge < -0.3 is 10.6 Å². The summed E-state index contributed by atoms with van der Waals surface area (Å²) < 4.78 is 0. The van der Waals surface area contributed by atoms with Gasteiger partial charge in [0.2, 0.25) is 5.91 Å². The first-order valence-electron chi connectivity index (χ1n) is 6.40. The normalized spacial score (nSPS) is 17.0. The van der Waals surface area contributed by atoms with Crippen molar-refractivity contribution in [2.75, 3.05) is 13.1 Å². The Labute approximate surface area is 98.7 Å². The Kier molecular flexibility index (Phi) is 6.16. The van der Waals surface area contributed by atoms with E-state index in [1.807, 2.05) is 0 Å². The molecular weight excluding hydrogens is 200 g/mol. The van der Waals surface area contributed by atoms with Crippen LogP contribution in [0, 0.1) is 0 Å². The third kappa shape index (κ3) is 5.31. The van der Waals surface area contributed by atoms with Crippen LogP contribution in [0.15, 0.2) is 11.6 Å². The molecule has 0 saturated carbocycles. The van der Waals surface area contributed by atoms with Crippen molar-refractivity contribution in [2.24, 2.45) is 0 Å². The quantitative estimate of drug-likeness (QED) is 0.649. The van der Waals surface area contributed by atoms with Gasteiger partial charge in [0, 0.05) is 12.6 Å². The molecule has 1 atom stereocenters. The van der Waals surface area contributed by atoms with E-state index in [-0.39, 0.29) is 5.91 Å². The molecule has 1 aliphatic rings. The Morgan fingerprint density at radius 2 is 2.38 bits per heavy atom. The van der Waals surface area contributed by atoms with Crippen LogP contribution in [0.2, 0.25) is 0 Å². The summed E-state index contributed by atoms with van der Waals surface area (Å²) in [5, 5.41) is 6.13. The molecule has 0 bridgehead atoms. The summed E-state index contributed by atoms with van der Waals surface area (Å²) in [6, 6.07) is 0.420. The number of rotatable bonds is 7. The first kappa shape index (κ1) is 13.2. The van der Waals surface area contributed by atoms with E-state index in [1.165, 1.54) is 24.8 Å². The maximum Gasteiger partial charge on any atom is 0.233 e. The van der Waals surface area contributed by atoms with Crippen LogP contribution in [0.25, 0.3) is 0 Å². The van der Waals surface area contributed by atoms with E-state index in [1.54, 1.807) is 0 Å². The summed E-state index contributed by atoms with van der Waals surface area (Å²) in [5.41, 5.74) is 1.51. The Hall–Kier alpha value is -0.830. The zero-order valence-corrected chi connectivity index (χ0v) is 10.5. The lowest BCUT2D eigenvalue weighted by molar-refractivity contribution is -0.120. The van der Waals surface area contributed by atoms with Crippen LogP contribution in [-0.2, 0) is 4.79 Å². The highest BCUT2D eigenvalue weighted by Crippen LogP contribution is 2.19. The summed E-state index contributed by atoms with van der Waals surface area (Å²) in [7, 11) is 0. The van der Waals surface area contributed by atoms with Gasteiger partial charge >= 0.3 is 0 Å². The smallest absolute Gasteiger partial charge is 0.233 e. The first-order chi connectivity index (χ1) is 7.72. The molecular formula is C13H24N2O. The first-order valence-corrected chi connectivity index (χ1v) is 6.40. The van der Waals surface area contributed by atoms with Crippen LogP contribution in [0.5, 0.6) is 0 Å². The van der Waals surface area contributed by atoms with E-state index in [4.69, 9.17) is 0 Å². The third-order valence-electron chi connectivity index (χ3n) is 3.13. The average molecular weight is 224 g/mol. The fraction of sp³-hybridized carbons (Fsp3) is 0.769. The SMILES string of the molecule is CCC(C)NCC(=O)NCCC1=CCCC1. The molecule has 0 aliphatic heterocycles. The van der Waals surface area contributed by atoms with Gasteiger partial charge in [-0.3, -0.25) is 4.79 Å². The largest absolute Gasteiger partial charge is 0.355 e. The topological polar surface area (TPSA) is 41.1 Å². The van der Waals surface area contributed by atoms with E-state index in [0.717, 1.165) is 19.4 Å². The standard InChI is InChI=1S/C13H24N2O/c1-3-11(2)15-10-13(16)14-9-8-12-6-4-5-7-12/h6,11,15H,3-5,7-10H2,1-2H3,(H,14,16). The number of hydrogen-bond donors (Lipinski definition) is 2. The molecule has 1 aliphatic carbocycles. The molecule has 0 spiro atoms. The summed E-state index contributed by atoms with van der Waals surface area (Å²) in [6.45, 7) is 5.43. The molecule has 16 heavy (non-hydrogen) atoms. The molecule has 1 unspecified atom stereocenters. The fourth-order valence-corrected chi connectivity index (χ4v) is 1.80. The predicted molar refractivity (Wildman–Crippen MR) is 67.3 cm³/mol. The summed E-state index contributed by atoms with van der Waals surface area (Å²) in [4.78, 5) is 11.4. The monoisotopic (exact) mass is 224 g/mol. The molecule has 3 nitrogen and oxygen atoms in total. The predicted octanol–water partition coefficient (Wildman–Crippen LogP) is 1.99. The van der Waals surface area contributed by atoms with Gasteiger partial charge in [-0.05, 0) is 39.0 Å². The van der Waals surface area contributed by atoms with Crippen molar-refractivity contribution in [3.8, 4) is 0 Å². The lowest BCUT2D eigenvalue weighted by Gasteiger charge is -2.11. The lowest BCUT2D eigenvalue weighted by atomic mass is 10.2. The molecule has 1 rings (SSSR count). The van der Waals surface area contributed by atoms with Crippen molar-refractivity contribution in [3.05, 3.63) is 11.6 Å². The van der Waals surface area contributed by atoms with Gasteiger partial charge in [0.1, 0.15) is 0 Å². The number of carbonyl (C=O) groups excluding carboxylic acids is 1. The molecule has 92 valence electrons. The van der Waals surface area contributed by atoms with Crippen molar-refractivity contribution in [2.45, 2.75) is 52.0 Å². The fourth-order valence-electron chi connectivity index (χ4n) is 1.80. The Morgan fingerprint density at radius 3 is 3.00 bits per heavy atom. The van der Waals surface area contributed by atoms with E-state index in [0.29, 0.717) is 12.6 Å². The maximum atomic E-state index is 11.4. The van der Waals surface area contributed by atoms with E-state index in [2.05, 4.69) is 30.6 Å². The molecule has 0 aromatic heterocycles. The second kappa shape index (κ2) is 7.44. The van der Waals surface area contributed by atoms with Gasteiger partial charge in [-0.15, -0.1) is 0 Å². The van der Waals surface area contributed by atoms with E-state index >= 15 is 0 Å². The van der Waals surface area contributed by atoms with Gasteiger partial charge in [-0.2, -0.15) is 0 Å². The Morgan fingerprint density at radius 1 is 1.56 bits per heavy atom. The van der Waals surface area contributed by atoms with E-state index < -0.39 is 0 Å². The van der Waals surface area contributed by atoms with Crippen molar-refractivity contribution in [1.82, 2.24) is 10.6 Å². The minimum atomic E-state index is 0.110. The lowest BCUT2D eigenvalue weighted by Crippen LogP contribution is -2.38. The van der Waals surface area contributed by atoms with Crippen LogP contribution in [-0.4, -0.2) is 25.0 Å². The third-order valence-corrected chi connectivity index (χ3v) is 3.13. The van der Waals surface area contributed by atoms with Gasteiger partial charge in [-0.25, -0.2) is 0 Å². The average Bonchev–Trinajstić information content (AvgIpc) is 2.79. The number of allylic oxidation sites excluding steroid dienone is 1. The second-order valence-electron chi connectivity index (χ2n) is 4.54. The summed E-state index contributed by atoms with van der Waals surface area (Å²) in [5.74, 6) is 0.110. The summed E-state index contributed by atoms with van der Waals surface area (Å²) in [6.07, 6.45) is 8.12. The molecule has 3 heteroatoms. The van der Waals surface area contributed by atoms with E-state index in [9.17, 15) is 4.79 Å². The van der Waals surface area contributed by atoms with Gasteiger partial charge in [0.15, 0.2) is 0 Å². The van der Waals surface area contributed by atoms with Gasteiger partial charge in [-0.1, -0.05) is 18.6 Å². The van der Waals surface area contributed by atoms with Crippen molar-refractivity contribution in [3.63, 3.8) is 0 Å². The number of amides is 1. The zero-order chi connectivity index (χ0) is 11.8. The van der Waals surface area contributed by atoms with Crippen molar-refractivity contribution < 1.29 is 4.79 Å². The molecule has 0 aromatic carbocycles. The summed E-state index contributed by atoms with van der Waals surface area (Å²) >= 11 is 0. The van der Waals surface area contributed by atoms with Crippen LogP contribution in [0.1, 0.15) is 46.0 Å². The minimum absolute atomic E-state index is 0.110. The Bertz CT molecular complexity index is 248. The van der Waals surface area contributed by atoms with Crippen molar-refractivity contribution in [1.29, 1.82) is 0 Å². The molecule has 0 radical (unpaired) electrons. The number of carbonyl (C=O) groups is 1. The molecule has 0 saturated heterocycles. The molecule has 0 fully saturated rings. The highest BCUT2D eigenvalue weighted by atomic mass is 16.1. The molecule has 0 heterocycles. The van der Waals surface area contributed by atoms with Crippen molar-refractivity contribution >= 4 is 5.91 Å². The highest BCUT2D eigenvalue weighted by Gasteiger charge is 2.06. The molecule has 1 amide bonds.